The summed E-state index contributed by atoms with van der Waals surface area (Å²) in [6.45, 7) is 0.239. The number of nitrogens with zero attached hydrogens (tertiary/aromatic N) is 1. The first-order valence-corrected chi connectivity index (χ1v) is 9.60. The van der Waals surface area contributed by atoms with Gasteiger partial charge in [-0.05, 0) is 54.3 Å². The molecule has 5 nitrogen and oxygen atoms in total. The second-order valence-corrected chi connectivity index (χ2v) is 7.42. The summed E-state index contributed by atoms with van der Waals surface area (Å²) in [5.74, 6) is 1.71. The standard InChI is InChI=1S/C23H18N2O3/c26-18-5-1-3-14-15-7-8-17-16(4-2-10-24-17)23(15)25-22(21(14)18)13-6-9-19-20(11-13)28-12-27-19/h2,4,6-11,22,25H,1,3,5,12H2. The molecule has 138 valence electrons. The number of fused-ring (bicyclic) bond motifs is 5. The first-order valence-electron chi connectivity index (χ1n) is 9.60. The van der Waals surface area contributed by atoms with Crippen molar-refractivity contribution >= 4 is 27.9 Å². The van der Waals surface area contributed by atoms with Crippen molar-refractivity contribution in [3.8, 4) is 11.5 Å². The molecule has 0 saturated heterocycles. The third kappa shape index (κ3) is 2.19. The normalized spacial score (nSPS) is 20.0. The molecule has 3 aliphatic rings. The highest BCUT2D eigenvalue weighted by atomic mass is 16.7. The molecule has 0 bridgehead atoms. The largest absolute Gasteiger partial charge is 0.454 e. The van der Waals surface area contributed by atoms with E-state index in [1.54, 1.807) is 0 Å². The van der Waals surface area contributed by atoms with E-state index in [-0.39, 0.29) is 18.6 Å². The van der Waals surface area contributed by atoms with Gasteiger partial charge in [0.05, 0.1) is 17.2 Å². The van der Waals surface area contributed by atoms with Crippen LogP contribution in [-0.2, 0) is 4.79 Å². The van der Waals surface area contributed by atoms with Crippen molar-refractivity contribution in [1.82, 2.24) is 4.98 Å². The maximum atomic E-state index is 13.0. The van der Waals surface area contributed by atoms with E-state index in [9.17, 15) is 4.79 Å². The maximum absolute atomic E-state index is 13.0. The number of hydrogen-bond acceptors (Lipinski definition) is 5. The van der Waals surface area contributed by atoms with Crippen molar-refractivity contribution in [3.63, 3.8) is 0 Å². The van der Waals surface area contributed by atoms with Gasteiger partial charge in [0.1, 0.15) is 0 Å². The summed E-state index contributed by atoms with van der Waals surface area (Å²) in [4.78, 5) is 17.4. The van der Waals surface area contributed by atoms with Gasteiger partial charge in [-0.2, -0.15) is 0 Å². The second kappa shape index (κ2) is 5.83. The predicted molar refractivity (Wildman–Crippen MR) is 106 cm³/mol. The number of pyridine rings is 1. The number of hydrogen-bond donors (Lipinski definition) is 1. The fourth-order valence-electron chi connectivity index (χ4n) is 4.60. The number of carbonyl (C=O) groups excluding carboxylic acids is 1. The summed E-state index contributed by atoms with van der Waals surface area (Å²) in [6, 6.07) is 13.9. The van der Waals surface area contributed by atoms with Crippen molar-refractivity contribution in [2.75, 3.05) is 12.1 Å². The van der Waals surface area contributed by atoms with Crippen molar-refractivity contribution < 1.29 is 14.3 Å². The highest BCUT2D eigenvalue weighted by Crippen LogP contribution is 2.48. The van der Waals surface area contributed by atoms with Gasteiger partial charge in [0.15, 0.2) is 17.3 Å². The molecule has 1 aromatic heterocycles. The molecule has 5 heteroatoms. The minimum Gasteiger partial charge on any atom is -0.454 e. The molecule has 1 N–H and O–H groups in total. The summed E-state index contributed by atoms with van der Waals surface area (Å²) in [7, 11) is 0. The topological polar surface area (TPSA) is 60.5 Å². The van der Waals surface area contributed by atoms with Gasteiger partial charge in [-0.3, -0.25) is 9.78 Å². The molecule has 0 spiro atoms. The molecule has 0 amide bonds. The van der Waals surface area contributed by atoms with Gasteiger partial charge in [-0.25, -0.2) is 0 Å². The molecule has 1 atom stereocenters. The van der Waals surface area contributed by atoms with Crippen LogP contribution in [0.4, 0.5) is 5.69 Å². The zero-order valence-electron chi connectivity index (χ0n) is 15.2. The van der Waals surface area contributed by atoms with Crippen LogP contribution >= 0.6 is 0 Å². The average Bonchev–Trinajstić information content (AvgIpc) is 3.21. The number of allylic oxidation sites excluding steroid dienone is 1. The third-order valence-corrected chi connectivity index (χ3v) is 5.87. The van der Waals surface area contributed by atoms with Crippen molar-refractivity contribution in [2.24, 2.45) is 0 Å². The summed E-state index contributed by atoms with van der Waals surface area (Å²) >= 11 is 0. The Bertz CT molecular complexity index is 1180. The zero-order valence-corrected chi connectivity index (χ0v) is 15.2. The zero-order chi connectivity index (χ0) is 18.7. The summed E-state index contributed by atoms with van der Waals surface area (Å²) in [5, 5.41) is 4.74. The lowest BCUT2D eigenvalue weighted by atomic mass is 9.77. The Hall–Kier alpha value is -3.34. The maximum Gasteiger partial charge on any atom is 0.231 e. The molecule has 0 radical (unpaired) electrons. The van der Waals surface area contributed by atoms with Crippen molar-refractivity contribution in [1.29, 1.82) is 0 Å². The van der Waals surface area contributed by atoms with Crippen molar-refractivity contribution in [3.05, 3.63) is 65.4 Å². The summed E-state index contributed by atoms with van der Waals surface area (Å²) in [5.41, 5.74) is 6.20. The highest BCUT2D eigenvalue weighted by molar-refractivity contribution is 6.11. The van der Waals surface area contributed by atoms with Crippen LogP contribution in [0.15, 0.2) is 54.2 Å². The molecular formula is C23H18N2O3. The number of Topliss-reactive ketones (excluding diaryl/α,β-unsaturated/α-hetero) is 1. The Balaban J connectivity index is 1.59. The van der Waals surface area contributed by atoms with E-state index in [0.29, 0.717) is 6.42 Å². The number of ketones is 1. The van der Waals surface area contributed by atoms with E-state index >= 15 is 0 Å². The lowest BCUT2D eigenvalue weighted by Gasteiger charge is -2.35. The van der Waals surface area contributed by atoms with E-state index in [2.05, 4.69) is 22.4 Å². The van der Waals surface area contributed by atoms with Gasteiger partial charge < -0.3 is 14.8 Å². The van der Waals surface area contributed by atoms with Gasteiger partial charge >= 0.3 is 0 Å². The number of benzene rings is 2. The molecule has 2 aromatic carbocycles. The predicted octanol–water partition coefficient (Wildman–Crippen LogP) is 4.64. The van der Waals surface area contributed by atoms with E-state index in [1.165, 1.54) is 5.57 Å². The fraction of sp³-hybridized carbons (Fsp3) is 0.217. The highest BCUT2D eigenvalue weighted by Gasteiger charge is 2.35. The van der Waals surface area contributed by atoms with Crippen LogP contribution in [0.5, 0.6) is 11.5 Å². The van der Waals surface area contributed by atoms with E-state index in [0.717, 1.165) is 57.6 Å². The average molecular weight is 370 g/mol. The second-order valence-electron chi connectivity index (χ2n) is 7.42. The summed E-state index contributed by atoms with van der Waals surface area (Å²) < 4.78 is 11.0. The smallest absolute Gasteiger partial charge is 0.231 e. The first kappa shape index (κ1) is 15.7. The Kier molecular flexibility index (Phi) is 3.27. The van der Waals surface area contributed by atoms with Crippen LogP contribution < -0.4 is 14.8 Å². The van der Waals surface area contributed by atoms with Crippen LogP contribution in [0.25, 0.3) is 16.5 Å². The molecule has 28 heavy (non-hydrogen) atoms. The Morgan fingerprint density at radius 3 is 2.93 bits per heavy atom. The molecular weight excluding hydrogens is 352 g/mol. The van der Waals surface area contributed by atoms with Gasteiger partial charge in [0.2, 0.25) is 6.79 Å². The minimum atomic E-state index is -0.199. The molecule has 2 aliphatic heterocycles. The Morgan fingerprint density at radius 2 is 1.96 bits per heavy atom. The molecule has 0 saturated carbocycles. The van der Waals surface area contributed by atoms with E-state index in [4.69, 9.17) is 9.47 Å². The van der Waals surface area contributed by atoms with Crippen LogP contribution in [0.3, 0.4) is 0 Å². The molecule has 6 rings (SSSR count). The van der Waals surface area contributed by atoms with E-state index < -0.39 is 0 Å². The quantitative estimate of drug-likeness (QED) is 0.676. The number of aromatic nitrogens is 1. The monoisotopic (exact) mass is 370 g/mol. The van der Waals surface area contributed by atoms with Gasteiger partial charge in [0.25, 0.3) is 0 Å². The Morgan fingerprint density at radius 1 is 1.04 bits per heavy atom. The molecule has 3 heterocycles. The SMILES string of the molecule is O=C1CCCC2=C1C(c1ccc3c(c1)OCO3)Nc1c2ccc2ncccc12. The third-order valence-electron chi connectivity index (χ3n) is 5.87. The number of carbonyl (C=O) groups is 1. The number of anilines is 1. The Labute approximate surface area is 162 Å². The van der Waals surface area contributed by atoms with E-state index in [1.807, 2.05) is 36.5 Å². The lowest BCUT2D eigenvalue weighted by molar-refractivity contribution is -0.116. The lowest BCUT2D eigenvalue weighted by Crippen LogP contribution is -2.27. The summed E-state index contributed by atoms with van der Waals surface area (Å²) in [6.07, 6.45) is 4.23. The van der Waals surface area contributed by atoms with Gasteiger partial charge in [0, 0.05) is 29.1 Å². The van der Waals surface area contributed by atoms with Crippen LogP contribution in [0.1, 0.15) is 36.4 Å². The number of nitrogens with one attached hydrogen (secondary N) is 1. The number of rotatable bonds is 1. The van der Waals surface area contributed by atoms with Crippen LogP contribution in [0.2, 0.25) is 0 Å². The molecule has 0 fully saturated rings. The fourth-order valence-corrected chi connectivity index (χ4v) is 4.60. The van der Waals surface area contributed by atoms with Crippen LogP contribution in [0, 0.1) is 0 Å². The molecule has 1 unspecified atom stereocenters. The minimum absolute atomic E-state index is 0.199. The van der Waals surface area contributed by atoms with Crippen LogP contribution in [-0.4, -0.2) is 17.6 Å². The van der Waals surface area contributed by atoms with Gasteiger partial charge in [-0.1, -0.05) is 12.1 Å². The first-order chi connectivity index (χ1) is 13.8. The number of ether oxygens (including phenoxy) is 2. The molecule has 3 aromatic rings. The van der Waals surface area contributed by atoms with Crippen molar-refractivity contribution in [2.45, 2.75) is 25.3 Å². The van der Waals surface area contributed by atoms with Gasteiger partial charge in [-0.15, -0.1) is 0 Å². The molecule has 1 aliphatic carbocycles.